The van der Waals surface area contributed by atoms with Gasteiger partial charge in [0.1, 0.15) is 0 Å². The highest BCUT2D eigenvalue weighted by atomic mass is 19.4. The number of amides is 3. The summed E-state index contributed by atoms with van der Waals surface area (Å²) in [6, 6.07) is 11.0. The maximum absolute atomic E-state index is 12.8. The Labute approximate surface area is 193 Å². The average molecular weight is 472 g/mol. The zero-order valence-corrected chi connectivity index (χ0v) is 18.3. The zero-order valence-electron chi connectivity index (χ0n) is 18.3. The third kappa shape index (κ3) is 5.19. The number of pyridine rings is 1. The van der Waals surface area contributed by atoms with Gasteiger partial charge in [0, 0.05) is 31.0 Å². The van der Waals surface area contributed by atoms with Crippen LogP contribution in [-0.2, 0) is 6.18 Å². The van der Waals surface area contributed by atoms with Crippen LogP contribution in [0.25, 0.3) is 5.82 Å². The summed E-state index contributed by atoms with van der Waals surface area (Å²) in [6.07, 6.45) is -1.18. The van der Waals surface area contributed by atoms with Crippen molar-refractivity contribution in [3.63, 3.8) is 0 Å². The van der Waals surface area contributed by atoms with Crippen molar-refractivity contribution in [2.45, 2.75) is 32.0 Å². The molecule has 3 heterocycles. The minimum Gasteiger partial charge on any atom is -0.349 e. The molecule has 11 heteroatoms. The molecule has 0 bridgehead atoms. The predicted molar refractivity (Wildman–Crippen MR) is 119 cm³/mol. The molecule has 34 heavy (non-hydrogen) atoms. The van der Waals surface area contributed by atoms with Crippen molar-refractivity contribution in [1.29, 1.82) is 0 Å². The van der Waals surface area contributed by atoms with Gasteiger partial charge in [-0.1, -0.05) is 18.2 Å². The van der Waals surface area contributed by atoms with E-state index in [0.717, 1.165) is 18.0 Å². The topological polar surface area (TPSA) is 92.2 Å². The van der Waals surface area contributed by atoms with Crippen molar-refractivity contribution in [3.05, 3.63) is 71.7 Å². The van der Waals surface area contributed by atoms with E-state index in [0.29, 0.717) is 37.2 Å². The summed E-state index contributed by atoms with van der Waals surface area (Å²) < 4.78 is 39.6. The van der Waals surface area contributed by atoms with E-state index in [9.17, 15) is 22.8 Å². The van der Waals surface area contributed by atoms with Crippen LogP contribution in [0.4, 0.5) is 23.7 Å². The summed E-state index contributed by atoms with van der Waals surface area (Å²) in [4.78, 5) is 30.7. The minimum atomic E-state index is -4.48. The van der Waals surface area contributed by atoms with Crippen molar-refractivity contribution < 1.29 is 22.8 Å². The number of anilines is 1. The lowest BCUT2D eigenvalue weighted by atomic mass is 10.0. The summed E-state index contributed by atoms with van der Waals surface area (Å²) >= 11 is 0. The van der Waals surface area contributed by atoms with Gasteiger partial charge in [-0.2, -0.15) is 18.3 Å². The highest BCUT2D eigenvalue weighted by Gasteiger charge is 2.31. The summed E-state index contributed by atoms with van der Waals surface area (Å²) in [5, 5.41) is 9.93. The standard InChI is InChI=1S/C23H23F3N6O2/c1-15-19(14-28-32(15)20-8-7-16(13-27-20)23(24,25)26)21(33)29-18-9-11-31(12-10-18)22(34)30-17-5-3-2-4-6-17/h2-8,13-14,18H,9-12H2,1H3,(H,29,33)(H,30,34). The third-order valence-electron chi connectivity index (χ3n) is 5.69. The number of aromatic nitrogens is 3. The van der Waals surface area contributed by atoms with Gasteiger partial charge in [0.15, 0.2) is 5.82 Å². The van der Waals surface area contributed by atoms with E-state index in [2.05, 4.69) is 20.7 Å². The number of likely N-dealkylation sites (tertiary alicyclic amines) is 1. The molecule has 1 aliphatic rings. The highest BCUT2D eigenvalue weighted by molar-refractivity contribution is 5.95. The van der Waals surface area contributed by atoms with E-state index in [1.54, 1.807) is 11.8 Å². The van der Waals surface area contributed by atoms with Crippen LogP contribution in [0.1, 0.15) is 34.5 Å². The summed E-state index contributed by atoms with van der Waals surface area (Å²) in [6.45, 7) is 2.65. The Morgan fingerprint density at radius 1 is 1.03 bits per heavy atom. The number of para-hydroxylation sites is 1. The van der Waals surface area contributed by atoms with Gasteiger partial charge in [-0.3, -0.25) is 4.79 Å². The Bertz CT molecular complexity index is 1150. The van der Waals surface area contributed by atoms with Crippen LogP contribution in [0, 0.1) is 6.92 Å². The largest absolute Gasteiger partial charge is 0.417 e. The molecule has 0 radical (unpaired) electrons. The number of nitrogens with zero attached hydrogens (tertiary/aromatic N) is 4. The van der Waals surface area contributed by atoms with Gasteiger partial charge in [0.2, 0.25) is 0 Å². The van der Waals surface area contributed by atoms with E-state index in [4.69, 9.17) is 0 Å². The number of piperidine rings is 1. The summed E-state index contributed by atoms with van der Waals surface area (Å²) in [7, 11) is 0. The monoisotopic (exact) mass is 472 g/mol. The van der Waals surface area contributed by atoms with Gasteiger partial charge >= 0.3 is 12.2 Å². The fourth-order valence-corrected chi connectivity index (χ4v) is 3.76. The molecule has 4 rings (SSSR count). The van der Waals surface area contributed by atoms with E-state index in [1.165, 1.54) is 16.9 Å². The molecule has 1 aliphatic heterocycles. The van der Waals surface area contributed by atoms with Crippen LogP contribution in [0.5, 0.6) is 0 Å². The Kier molecular flexibility index (Phi) is 6.53. The highest BCUT2D eigenvalue weighted by Crippen LogP contribution is 2.29. The summed E-state index contributed by atoms with van der Waals surface area (Å²) in [5.74, 6) is -0.148. The normalized spacial score (nSPS) is 14.6. The number of urea groups is 1. The van der Waals surface area contributed by atoms with Crippen molar-refractivity contribution in [1.82, 2.24) is 25.0 Å². The van der Waals surface area contributed by atoms with E-state index in [-0.39, 0.29) is 23.8 Å². The lowest BCUT2D eigenvalue weighted by Crippen LogP contribution is -2.47. The quantitative estimate of drug-likeness (QED) is 0.600. The molecular weight excluding hydrogens is 449 g/mol. The Morgan fingerprint density at radius 3 is 2.35 bits per heavy atom. The molecule has 2 aromatic heterocycles. The van der Waals surface area contributed by atoms with Crippen LogP contribution in [0.2, 0.25) is 0 Å². The molecule has 1 fully saturated rings. The number of rotatable bonds is 4. The van der Waals surface area contributed by atoms with Gasteiger partial charge in [-0.25, -0.2) is 14.5 Å². The van der Waals surface area contributed by atoms with Crippen molar-refractivity contribution >= 4 is 17.6 Å². The van der Waals surface area contributed by atoms with Gasteiger partial charge in [-0.05, 0) is 44.0 Å². The molecule has 3 aromatic rings. The van der Waals surface area contributed by atoms with Gasteiger partial charge in [0.05, 0.1) is 23.0 Å². The fraction of sp³-hybridized carbons (Fsp3) is 0.304. The molecule has 1 aromatic carbocycles. The molecule has 178 valence electrons. The molecule has 8 nitrogen and oxygen atoms in total. The van der Waals surface area contributed by atoms with Gasteiger partial charge < -0.3 is 15.5 Å². The first-order valence-electron chi connectivity index (χ1n) is 10.7. The predicted octanol–water partition coefficient (Wildman–Crippen LogP) is 4.02. The van der Waals surface area contributed by atoms with Crippen LogP contribution in [-0.4, -0.2) is 50.7 Å². The van der Waals surface area contributed by atoms with Crippen molar-refractivity contribution in [2.75, 3.05) is 18.4 Å². The van der Waals surface area contributed by atoms with Crippen molar-refractivity contribution in [3.8, 4) is 5.82 Å². The molecule has 2 N–H and O–H groups in total. The number of carbonyl (C=O) groups excluding carboxylic acids is 2. The van der Waals surface area contributed by atoms with Crippen LogP contribution in [0.3, 0.4) is 0 Å². The number of benzene rings is 1. The van der Waals surface area contributed by atoms with Crippen LogP contribution >= 0.6 is 0 Å². The number of hydrogen-bond donors (Lipinski definition) is 2. The first-order valence-corrected chi connectivity index (χ1v) is 10.7. The molecule has 0 saturated carbocycles. The lowest BCUT2D eigenvalue weighted by molar-refractivity contribution is -0.137. The molecular formula is C23H23F3N6O2. The number of alkyl halides is 3. The maximum Gasteiger partial charge on any atom is 0.417 e. The second-order valence-corrected chi connectivity index (χ2v) is 7.99. The Hall–Kier alpha value is -3.89. The second kappa shape index (κ2) is 9.54. The first-order chi connectivity index (χ1) is 16.2. The minimum absolute atomic E-state index is 0.111. The lowest BCUT2D eigenvalue weighted by Gasteiger charge is -2.32. The van der Waals surface area contributed by atoms with Crippen LogP contribution in [0.15, 0.2) is 54.9 Å². The number of nitrogens with one attached hydrogen (secondary N) is 2. The van der Waals surface area contributed by atoms with Gasteiger partial charge in [0.25, 0.3) is 5.91 Å². The molecule has 1 saturated heterocycles. The molecule has 3 amide bonds. The number of halogens is 3. The van der Waals surface area contributed by atoms with Gasteiger partial charge in [-0.15, -0.1) is 0 Å². The molecule has 0 aliphatic carbocycles. The van der Waals surface area contributed by atoms with Crippen LogP contribution < -0.4 is 10.6 Å². The Morgan fingerprint density at radius 2 is 1.74 bits per heavy atom. The summed E-state index contributed by atoms with van der Waals surface area (Å²) in [5.41, 5.74) is 0.635. The fourth-order valence-electron chi connectivity index (χ4n) is 3.76. The zero-order chi connectivity index (χ0) is 24.3. The molecule has 0 unspecified atom stereocenters. The molecule has 0 spiro atoms. The van der Waals surface area contributed by atoms with Crippen molar-refractivity contribution in [2.24, 2.45) is 0 Å². The number of hydrogen-bond acceptors (Lipinski definition) is 4. The van der Waals surface area contributed by atoms with E-state index >= 15 is 0 Å². The Balaban J connectivity index is 1.33. The first kappa shape index (κ1) is 23.3. The second-order valence-electron chi connectivity index (χ2n) is 7.99. The van der Waals surface area contributed by atoms with E-state index in [1.807, 2.05) is 30.3 Å². The third-order valence-corrected chi connectivity index (χ3v) is 5.69. The smallest absolute Gasteiger partial charge is 0.349 e. The van der Waals surface area contributed by atoms with E-state index < -0.39 is 11.7 Å². The average Bonchev–Trinajstić information content (AvgIpc) is 3.21. The maximum atomic E-state index is 12.8. The molecule has 0 atom stereocenters. The SMILES string of the molecule is Cc1c(C(=O)NC2CCN(C(=O)Nc3ccccc3)CC2)cnn1-c1ccc(C(F)(F)F)cn1. The number of carbonyl (C=O) groups is 2.